The van der Waals surface area contributed by atoms with E-state index < -0.39 is 27.9 Å². The Kier molecular flexibility index (Phi) is 6.80. The number of rotatable bonds is 7. The normalized spacial score (nSPS) is 12.1. The minimum absolute atomic E-state index is 0.273. The maximum atomic E-state index is 12.7. The Labute approximate surface area is 165 Å². The summed E-state index contributed by atoms with van der Waals surface area (Å²) in [6, 6.07) is 12.2. The van der Waals surface area contributed by atoms with E-state index >= 15 is 0 Å². The van der Waals surface area contributed by atoms with Crippen LogP contribution in [0.15, 0.2) is 48.5 Å². The number of carbonyl (C=O) groups is 2. The summed E-state index contributed by atoms with van der Waals surface area (Å²) in [5.74, 6) is -0.938. The Morgan fingerprint density at radius 2 is 1.79 bits per heavy atom. The Morgan fingerprint density at radius 1 is 1.14 bits per heavy atom. The molecule has 7 nitrogen and oxygen atoms in total. The number of nitrogens with zero attached hydrogens (tertiary/aromatic N) is 1. The van der Waals surface area contributed by atoms with E-state index in [2.05, 4.69) is 5.32 Å². The van der Waals surface area contributed by atoms with E-state index in [0.29, 0.717) is 16.9 Å². The Balaban J connectivity index is 2.20. The molecule has 0 fully saturated rings. The highest BCUT2D eigenvalue weighted by Gasteiger charge is 2.29. The molecule has 0 aromatic heterocycles. The zero-order valence-electron chi connectivity index (χ0n) is 16.3. The number of anilines is 2. The average molecular weight is 404 g/mol. The number of esters is 1. The number of carbonyl (C=O) groups excluding carboxylic acids is 2. The highest BCUT2D eigenvalue weighted by Crippen LogP contribution is 2.22. The molecule has 0 saturated heterocycles. The van der Waals surface area contributed by atoms with Gasteiger partial charge < -0.3 is 10.1 Å². The first kappa shape index (κ1) is 21.4. The van der Waals surface area contributed by atoms with Crippen LogP contribution in [0.3, 0.4) is 0 Å². The molecule has 0 spiro atoms. The van der Waals surface area contributed by atoms with Gasteiger partial charge in [-0.15, -0.1) is 0 Å². The molecule has 0 heterocycles. The maximum absolute atomic E-state index is 12.7. The van der Waals surface area contributed by atoms with Crippen molar-refractivity contribution < 1.29 is 22.7 Å². The first-order chi connectivity index (χ1) is 13.1. The molecule has 8 heteroatoms. The molecule has 0 saturated carbocycles. The third-order valence-corrected chi connectivity index (χ3v) is 5.25. The lowest BCUT2D eigenvalue weighted by atomic mass is 10.2. The van der Waals surface area contributed by atoms with Crippen molar-refractivity contribution >= 4 is 33.3 Å². The van der Waals surface area contributed by atoms with Crippen molar-refractivity contribution in [2.45, 2.75) is 26.8 Å². The van der Waals surface area contributed by atoms with Crippen molar-refractivity contribution in [3.8, 4) is 0 Å². The van der Waals surface area contributed by atoms with E-state index in [4.69, 9.17) is 4.74 Å². The van der Waals surface area contributed by atoms with Crippen molar-refractivity contribution in [1.82, 2.24) is 0 Å². The minimum Gasteiger partial charge on any atom is -0.462 e. The largest absolute Gasteiger partial charge is 0.462 e. The molecule has 28 heavy (non-hydrogen) atoms. The Morgan fingerprint density at radius 3 is 2.32 bits per heavy atom. The topological polar surface area (TPSA) is 92.8 Å². The number of sulfonamides is 1. The minimum atomic E-state index is -3.68. The van der Waals surface area contributed by atoms with Gasteiger partial charge in [0, 0.05) is 5.69 Å². The summed E-state index contributed by atoms with van der Waals surface area (Å²) in [6.45, 7) is 5.36. The van der Waals surface area contributed by atoms with Crippen molar-refractivity contribution in [3.63, 3.8) is 0 Å². The molecule has 2 aromatic rings. The van der Waals surface area contributed by atoms with E-state index in [1.807, 2.05) is 13.0 Å². The van der Waals surface area contributed by atoms with Crippen molar-refractivity contribution in [1.29, 1.82) is 0 Å². The number of hydrogen-bond acceptors (Lipinski definition) is 5. The van der Waals surface area contributed by atoms with Crippen molar-refractivity contribution in [3.05, 3.63) is 59.7 Å². The van der Waals surface area contributed by atoms with Gasteiger partial charge in [-0.25, -0.2) is 13.2 Å². The predicted molar refractivity (Wildman–Crippen MR) is 109 cm³/mol. The van der Waals surface area contributed by atoms with Gasteiger partial charge in [0.2, 0.25) is 15.9 Å². The fourth-order valence-corrected chi connectivity index (χ4v) is 3.89. The lowest BCUT2D eigenvalue weighted by molar-refractivity contribution is -0.116. The van der Waals surface area contributed by atoms with E-state index in [1.165, 1.54) is 19.1 Å². The first-order valence-corrected chi connectivity index (χ1v) is 10.6. The number of amides is 1. The highest BCUT2D eigenvalue weighted by molar-refractivity contribution is 7.92. The number of aryl methyl sites for hydroxylation is 1. The molecule has 1 N–H and O–H groups in total. The van der Waals surface area contributed by atoms with Gasteiger partial charge in [-0.05, 0) is 62.7 Å². The quantitative estimate of drug-likeness (QED) is 0.716. The van der Waals surface area contributed by atoms with Gasteiger partial charge in [-0.2, -0.15) is 0 Å². The molecule has 0 unspecified atom stereocenters. The molecular weight excluding hydrogens is 380 g/mol. The summed E-state index contributed by atoms with van der Waals surface area (Å²) in [5.41, 5.74) is 2.11. The monoisotopic (exact) mass is 404 g/mol. The fraction of sp³-hybridized carbons (Fsp3) is 0.300. The second kappa shape index (κ2) is 8.88. The van der Waals surface area contributed by atoms with E-state index in [0.717, 1.165) is 16.1 Å². The highest BCUT2D eigenvalue weighted by atomic mass is 32.2. The maximum Gasteiger partial charge on any atom is 0.338 e. The molecule has 1 atom stereocenters. The van der Waals surface area contributed by atoms with E-state index in [9.17, 15) is 18.0 Å². The molecule has 0 radical (unpaired) electrons. The summed E-state index contributed by atoms with van der Waals surface area (Å²) in [4.78, 5) is 24.4. The summed E-state index contributed by atoms with van der Waals surface area (Å²) < 4.78 is 30.6. The van der Waals surface area contributed by atoms with Crippen LogP contribution in [-0.2, 0) is 19.6 Å². The smallest absolute Gasteiger partial charge is 0.338 e. The van der Waals surface area contributed by atoms with Gasteiger partial charge in [-0.1, -0.05) is 12.1 Å². The van der Waals surface area contributed by atoms with Crippen LogP contribution in [0.1, 0.15) is 29.8 Å². The van der Waals surface area contributed by atoms with Gasteiger partial charge in [0.25, 0.3) is 0 Å². The molecule has 2 rings (SSSR count). The standard InChI is InChI=1S/C20H24N2O5S/c1-5-27-20(24)16-9-11-17(12-10-16)21-19(23)15(3)22(28(4,25)26)18-8-6-7-14(2)13-18/h6-13,15H,5H2,1-4H3,(H,21,23)/t15-/m1/s1. The van der Waals surface area contributed by atoms with E-state index in [-0.39, 0.29) is 6.61 Å². The van der Waals surface area contributed by atoms with Crippen LogP contribution >= 0.6 is 0 Å². The first-order valence-electron chi connectivity index (χ1n) is 8.77. The number of benzene rings is 2. The van der Waals surface area contributed by atoms with Gasteiger partial charge in [0.15, 0.2) is 0 Å². The predicted octanol–water partition coefficient (Wildman–Crippen LogP) is 2.96. The van der Waals surface area contributed by atoms with Crippen molar-refractivity contribution in [2.75, 3.05) is 22.5 Å². The number of ether oxygens (including phenoxy) is 1. The molecule has 2 aromatic carbocycles. The third-order valence-electron chi connectivity index (χ3n) is 4.01. The third kappa shape index (κ3) is 5.32. The van der Waals surface area contributed by atoms with Crippen LogP contribution < -0.4 is 9.62 Å². The van der Waals surface area contributed by atoms with Gasteiger partial charge >= 0.3 is 5.97 Å². The van der Waals surface area contributed by atoms with Gasteiger partial charge in [0.1, 0.15) is 6.04 Å². The molecule has 0 aliphatic carbocycles. The van der Waals surface area contributed by atoms with Crippen molar-refractivity contribution in [2.24, 2.45) is 0 Å². The molecule has 1 amide bonds. The molecule has 0 aliphatic heterocycles. The fourth-order valence-electron chi connectivity index (χ4n) is 2.72. The Hall–Kier alpha value is -2.87. The summed E-state index contributed by atoms with van der Waals surface area (Å²) in [5, 5.41) is 2.68. The molecule has 0 bridgehead atoms. The summed E-state index contributed by atoms with van der Waals surface area (Å²) >= 11 is 0. The second-order valence-corrected chi connectivity index (χ2v) is 8.22. The summed E-state index contributed by atoms with van der Waals surface area (Å²) in [7, 11) is -3.68. The van der Waals surface area contributed by atoms with Crippen LogP contribution in [0.5, 0.6) is 0 Å². The van der Waals surface area contributed by atoms with Crippen LogP contribution in [0, 0.1) is 6.92 Å². The molecular formula is C20H24N2O5S. The zero-order chi connectivity index (χ0) is 20.9. The average Bonchev–Trinajstić information content (AvgIpc) is 2.61. The zero-order valence-corrected chi connectivity index (χ0v) is 17.1. The Bertz CT molecular complexity index is 955. The SMILES string of the molecule is CCOC(=O)c1ccc(NC(=O)[C@@H](C)N(c2cccc(C)c2)S(C)(=O)=O)cc1. The number of nitrogens with one attached hydrogen (secondary N) is 1. The molecule has 150 valence electrons. The summed E-state index contributed by atoms with van der Waals surface area (Å²) in [6.07, 6.45) is 1.06. The lowest BCUT2D eigenvalue weighted by Gasteiger charge is -2.28. The molecule has 0 aliphatic rings. The number of hydrogen-bond donors (Lipinski definition) is 1. The van der Waals surface area contributed by atoms with Crippen LogP contribution in [0.4, 0.5) is 11.4 Å². The van der Waals surface area contributed by atoms with Crippen LogP contribution in [0.2, 0.25) is 0 Å². The van der Waals surface area contributed by atoms with Crippen LogP contribution in [0.25, 0.3) is 0 Å². The lowest BCUT2D eigenvalue weighted by Crippen LogP contribution is -2.45. The van der Waals surface area contributed by atoms with Crippen LogP contribution in [-0.4, -0.2) is 39.2 Å². The van der Waals surface area contributed by atoms with Gasteiger partial charge in [-0.3, -0.25) is 9.10 Å². The van der Waals surface area contributed by atoms with Gasteiger partial charge in [0.05, 0.1) is 24.1 Å². The second-order valence-electron chi connectivity index (χ2n) is 6.36. The van der Waals surface area contributed by atoms with E-state index in [1.54, 1.807) is 37.3 Å².